The highest BCUT2D eigenvalue weighted by Crippen LogP contribution is 2.14. The van der Waals surface area contributed by atoms with Crippen molar-refractivity contribution in [1.82, 2.24) is 10.2 Å². The van der Waals surface area contributed by atoms with Gasteiger partial charge in [-0.05, 0) is 37.5 Å². The number of hydrogen-bond donors (Lipinski definition) is 1. The van der Waals surface area contributed by atoms with Crippen molar-refractivity contribution >= 4 is 17.6 Å². The first-order chi connectivity index (χ1) is 7.69. The highest BCUT2D eigenvalue weighted by atomic mass is 32.2. The fraction of sp³-hybridized carbons (Fsp3) is 0.636. The monoisotopic (exact) mass is 240 g/mol. The van der Waals surface area contributed by atoms with Crippen LogP contribution in [0.2, 0.25) is 0 Å². The summed E-state index contributed by atoms with van der Waals surface area (Å²) in [5.41, 5.74) is 6.31. The number of hydrogen-bond acceptors (Lipinski definition) is 5. The summed E-state index contributed by atoms with van der Waals surface area (Å²) in [5, 5.41) is 8.23. The maximum Gasteiger partial charge on any atom is 0.151 e. The fourth-order valence-corrected chi connectivity index (χ4v) is 1.93. The van der Waals surface area contributed by atoms with Gasteiger partial charge in [0.05, 0.1) is 5.69 Å². The molecule has 0 spiro atoms. The molecule has 90 valence electrons. The zero-order valence-electron chi connectivity index (χ0n) is 10.2. The van der Waals surface area contributed by atoms with Crippen molar-refractivity contribution in [3.05, 3.63) is 17.8 Å². The molecular formula is C11H20N4S. The van der Waals surface area contributed by atoms with Gasteiger partial charge < -0.3 is 10.6 Å². The second-order valence-corrected chi connectivity index (χ2v) is 4.81. The average molecular weight is 240 g/mol. The molecule has 1 heterocycles. The van der Waals surface area contributed by atoms with Crippen LogP contribution in [-0.2, 0) is 6.54 Å². The van der Waals surface area contributed by atoms with E-state index in [4.69, 9.17) is 5.73 Å². The molecule has 16 heavy (non-hydrogen) atoms. The molecule has 0 radical (unpaired) electrons. The first-order valence-electron chi connectivity index (χ1n) is 5.43. The maximum absolute atomic E-state index is 5.48. The first-order valence-corrected chi connectivity index (χ1v) is 6.83. The molecule has 1 rings (SSSR count). The molecule has 2 N–H and O–H groups in total. The molecule has 0 saturated carbocycles. The Morgan fingerprint density at radius 1 is 1.44 bits per heavy atom. The molecule has 0 saturated heterocycles. The van der Waals surface area contributed by atoms with E-state index in [0.717, 1.165) is 17.9 Å². The lowest BCUT2D eigenvalue weighted by Gasteiger charge is -2.25. The Morgan fingerprint density at radius 3 is 2.69 bits per heavy atom. The third-order valence-electron chi connectivity index (χ3n) is 2.68. The first kappa shape index (κ1) is 13.3. The average Bonchev–Trinajstić information content (AvgIpc) is 2.35. The van der Waals surface area contributed by atoms with Gasteiger partial charge in [0.25, 0.3) is 0 Å². The summed E-state index contributed by atoms with van der Waals surface area (Å²) in [6.07, 6.45) is 3.28. The second kappa shape index (κ2) is 6.70. The van der Waals surface area contributed by atoms with Crippen molar-refractivity contribution in [2.75, 3.05) is 24.0 Å². The van der Waals surface area contributed by atoms with Gasteiger partial charge >= 0.3 is 0 Å². The Morgan fingerprint density at radius 2 is 2.19 bits per heavy atom. The summed E-state index contributed by atoms with van der Waals surface area (Å²) >= 11 is 1.87. The van der Waals surface area contributed by atoms with E-state index in [1.807, 2.05) is 23.9 Å². The second-order valence-electron chi connectivity index (χ2n) is 3.83. The molecule has 0 amide bonds. The minimum Gasteiger partial charge on any atom is -0.355 e. The number of thioether (sulfide) groups is 1. The quantitative estimate of drug-likeness (QED) is 0.817. The number of nitrogens with zero attached hydrogens (tertiary/aromatic N) is 3. The number of aromatic nitrogens is 2. The van der Waals surface area contributed by atoms with Gasteiger partial charge in [0.2, 0.25) is 0 Å². The number of rotatable bonds is 6. The van der Waals surface area contributed by atoms with E-state index in [0.29, 0.717) is 12.6 Å². The van der Waals surface area contributed by atoms with E-state index in [1.54, 1.807) is 0 Å². The Hall–Kier alpha value is -0.810. The topological polar surface area (TPSA) is 55.0 Å². The van der Waals surface area contributed by atoms with E-state index < -0.39 is 0 Å². The van der Waals surface area contributed by atoms with Gasteiger partial charge in [0, 0.05) is 19.6 Å². The van der Waals surface area contributed by atoms with Crippen molar-refractivity contribution in [2.45, 2.75) is 25.9 Å². The van der Waals surface area contributed by atoms with Gasteiger partial charge in [-0.15, -0.1) is 5.10 Å². The number of nitrogens with two attached hydrogens (primary N) is 1. The summed E-state index contributed by atoms with van der Waals surface area (Å²) in [7, 11) is 2.05. The predicted octanol–water partition coefficient (Wildman–Crippen LogP) is 1.51. The Labute approximate surface area is 102 Å². The van der Waals surface area contributed by atoms with E-state index in [9.17, 15) is 0 Å². The predicted molar refractivity (Wildman–Crippen MR) is 70.8 cm³/mol. The summed E-state index contributed by atoms with van der Waals surface area (Å²) in [6, 6.07) is 4.38. The number of anilines is 1. The van der Waals surface area contributed by atoms with Crippen LogP contribution in [0, 0.1) is 0 Å². The van der Waals surface area contributed by atoms with E-state index in [2.05, 4.69) is 35.3 Å². The van der Waals surface area contributed by atoms with Gasteiger partial charge in [0.1, 0.15) is 0 Å². The highest BCUT2D eigenvalue weighted by Gasteiger charge is 2.10. The third-order valence-corrected chi connectivity index (χ3v) is 3.32. The van der Waals surface area contributed by atoms with Crippen molar-refractivity contribution in [3.8, 4) is 0 Å². The van der Waals surface area contributed by atoms with Crippen LogP contribution in [0.3, 0.4) is 0 Å². The highest BCUT2D eigenvalue weighted by molar-refractivity contribution is 7.98. The molecule has 0 aromatic carbocycles. The fourth-order valence-electron chi connectivity index (χ4n) is 1.36. The zero-order valence-corrected chi connectivity index (χ0v) is 11.0. The Balaban J connectivity index is 2.60. The molecule has 0 aliphatic heterocycles. The van der Waals surface area contributed by atoms with Gasteiger partial charge in [-0.25, -0.2) is 0 Å². The molecule has 4 nitrogen and oxygen atoms in total. The summed E-state index contributed by atoms with van der Waals surface area (Å²) in [6.45, 7) is 2.65. The van der Waals surface area contributed by atoms with Gasteiger partial charge in [0.15, 0.2) is 5.82 Å². The Bertz CT molecular complexity index is 301. The lowest BCUT2D eigenvalue weighted by atomic mass is 10.2. The SMILES string of the molecule is CSCCC(C)N(C)c1ccc(CN)nn1. The van der Waals surface area contributed by atoms with Crippen molar-refractivity contribution in [1.29, 1.82) is 0 Å². The normalized spacial score (nSPS) is 12.5. The van der Waals surface area contributed by atoms with E-state index in [-0.39, 0.29) is 0 Å². The van der Waals surface area contributed by atoms with Crippen LogP contribution in [0.1, 0.15) is 19.0 Å². The van der Waals surface area contributed by atoms with Crippen LogP contribution >= 0.6 is 11.8 Å². The van der Waals surface area contributed by atoms with E-state index >= 15 is 0 Å². The molecule has 1 aromatic rings. The van der Waals surface area contributed by atoms with Crippen LogP contribution in [-0.4, -0.2) is 35.3 Å². The summed E-state index contributed by atoms with van der Waals surface area (Å²) in [4.78, 5) is 2.16. The lowest BCUT2D eigenvalue weighted by molar-refractivity contribution is 0.656. The lowest BCUT2D eigenvalue weighted by Crippen LogP contribution is -2.30. The van der Waals surface area contributed by atoms with Crippen molar-refractivity contribution < 1.29 is 0 Å². The Kier molecular flexibility index (Phi) is 5.55. The van der Waals surface area contributed by atoms with Crippen LogP contribution in [0.15, 0.2) is 12.1 Å². The maximum atomic E-state index is 5.48. The molecule has 0 bridgehead atoms. The molecule has 5 heteroatoms. The summed E-state index contributed by atoms with van der Waals surface area (Å²) < 4.78 is 0. The molecule has 1 unspecified atom stereocenters. The molecule has 0 aliphatic rings. The largest absolute Gasteiger partial charge is 0.355 e. The molecule has 1 aromatic heterocycles. The smallest absolute Gasteiger partial charge is 0.151 e. The third kappa shape index (κ3) is 3.64. The molecule has 1 atom stereocenters. The zero-order chi connectivity index (χ0) is 12.0. The molecular weight excluding hydrogens is 220 g/mol. The van der Waals surface area contributed by atoms with Gasteiger partial charge in [-0.1, -0.05) is 0 Å². The summed E-state index contributed by atoms with van der Waals surface area (Å²) in [5.74, 6) is 2.07. The minimum atomic E-state index is 0.443. The molecule has 0 aliphatic carbocycles. The van der Waals surface area contributed by atoms with Gasteiger partial charge in [-0.2, -0.15) is 16.9 Å². The molecule has 0 fully saturated rings. The van der Waals surface area contributed by atoms with Crippen LogP contribution in [0.25, 0.3) is 0 Å². The van der Waals surface area contributed by atoms with Crippen LogP contribution in [0.5, 0.6) is 0 Å². The van der Waals surface area contributed by atoms with Crippen molar-refractivity contribution in [2.24, 2.45) is 5.73 Å². The van der Waals surface area contributed by atoms with Gasteiger partial charge in [-0.3, -0.25) is 0 Å². The minimum absolute atomic E-state index is 0.443. The van der Waals surface area contributed by atoms with Crippen LogP contribution in [0.4, 0.5) is 5.82 Å². The van der Waals surface area contributed by atoms with Crippen molar-refractivity contribution in [3.63, 3.8) is 0 Å². The van der Waals surface area contributed by atoms with Crippen LogP contribution < -0.4 is 10.6 Å². The van der Waals surface area contributed by atoms with E-state index in [1.165, 1.54) is 5.75 Å². The standard InChI is InChI=1S/C11H20N4S/c1-9(6-7-16-3)15(2)11-5-4-10(8-12)13-14-11/h4-5,9H,6-8,12H2,1-3H3.